The minimum absolute atomic E-state index is 0.0115. The molecular formula is C24H17Cl2N5O2. The smallest absolute Gasteiger partial charge is 0.229 e. The summed E-state index contributed by atoms with van der Waals surface area (Å²) in [5, 5.41) is 8.86. The van der Waals surface area contributed by atoms with E-state index in [9.17, 15) is 4.79 Å². The van der Waals surface area contributed by atoms with Crippen molar-refractivity contribution in [2.75, 3.05) is 5.32 Å². The summed E-state index contributed by atoms with van der Waals surface area (Å²) >= 11 is 12.2. The number of furan rings is 1. The number of imidazole rings is 1. The molecule has 2 N–H and O–H groups in total. The number of nitrogens with one attached hydrogen (secondary N) is 2. The van der Waals surface area contributed by atoms with Crippen molar-refractivity contribution >= 4 is 51.5 Å². The van der Waals surface area contributed by atoms with Crippen molar-refractivity contribution in [2.45, 2.75) is 18.8 Å². The van der Waals surface area contributed by atoms with Gasteiger partial charge < -0.3 is 14.7 Å². The molecule has 9 heteroatoms. The van der Waals surface area contributed by atoms with Crippen LogP contribution in [0.4, 0.5) is 11.5 Å². The molecular weight excluding hydrogens is 461 g/mol. The maximum absolute atomic E-state index is 13.3. The number of carbonyl (C=O) groups excluding carboxylic acids is 1. The fraction of sp³-hybridized carbons (Fsp3) is 0.125. The first kappa shape index (κ1) is 20.1. The number of hydrogen-bond donors (Lipinski definition) is 2. The Balaban J connectivity index is 1.49. The van der Waals surface area contributed by atoms with Crippen LogP contribution < -0.4 is 5.32 Å². The first-order valence-corrected chi connectivity index (χ1v) is 11.2. The lowest BCUT2D eigenvalue weighted by molar-refractivity contribution is 0.0960. The van der Waals surface area contributed by atoms with E-state index in [1.807, 2.05) is 36.4 Å². The third-order valence-electron chi connectivity index (χ3n) is 5.84. The second-order valence-corrected chi connectivity index (χ2v) is 8.77. The zero-order valence-corrected chi connectivity index (χ0v) is 18.7. The number of hydrogen-bond acceptors (Lipinski definition) is 5. The lowest BCUT2D eigenvalue weighted by Crippen LogP contribution is -2.20. The van der Waals surface area contributed by atoms with Crippen LogP contribution in [-0.2, 0) is 6.42 Å². The summed E-state index contributed by atoms with van der Waals surface area (Å²) in [6, 6.07) is 16.7. The zero-order valence-electron chi connectivity index (χ0n) is 17.2. The molecule has 3 heterocycles. The predicted octanol–water partition coefficient (Wildman–Crippen LogP) is 6.30. The SMILES string of the molecule is O=C1CC(c2ccco2)Cc2c1c(Nc1ccc(Cl)c(Cl)c1)nn2-c1nc2ccccc2[nH]1. The highest BCUT2D eigenvalue weighted by Gasteiger charge is 2.35. The molecule has 0 aliphatic heterocycles. The van der Waals surface area contributed by atoms with E-state index >= 15 is 0 Å². The van der Waals surface area contributed by atoms with Gasteiger partial charge in [0.25, 0.3) is 0 Å². The predicted molar refractivity (Wildman–Crippen MR) is 127 cm³/mol. The van der Waals surface area contributed by atoms with Gasteiger partial charge in [0.05, 0.1) is 38.6 Å². The van der Waals surface area contributed by atoms with Crippen LogP contribution in [0.25, 0.3) is 17.0 Å². The van der Waals surface area contributed by atoms with Crippen LogP contribution >= 0.6 is 23.2 Å². The molecule has 164 valence electrons. The Kier molecular flexibility index (Phi) is 4.74. The van der Waals surface area contributed by atoms with E-state index in [1.54, 1.807) is 29.1 Å². The van der Waals surface area contributed by atoms with Gasteiger partial charge in [0.1, 0.15) is 5.76 Å². The number of rotatable bonds is 4. The maximum atomic E-state index is 13.3. The van der Waals surface area contributed by atoms with Gasteiger partial charge in [0.2, 0.25) is 5.95 Å². The van der Waals surface area contributed by atoms with Gasteiger partial charge in [-0.15, -0.1) is 5.10 Å². The fourth-order valence-corrected chi connectivity index (χ4v) is 4.60. The number of Topliss-reactive ketones (excluding diaryl/α,β-unsaturated/α-hetero) is 1. The molecule has 0 saturated carbocycles. The van der Waals surface area contributed by atoms with Crippen LogP contribution in [0.2, 0.25) is 10.0 Å². The van der Waals surface area contributed by atoms with Crippen molar-refractivity contribution in [1.29, 1.82) is 0 Å². The number of aromatic nitrogens is 4. The topological polar surface area (TPSA) is 88.7 Å². The maximum Gasteiger partial charge on any atom is 0.229 e. The van der Waals surface area contributed by atoms with Gasteiger partial charge in [-0.25, -0.2) is 9.67 Å². The molecule has 0 fully saturated rings. The number of anilines is 2. The second kappa shape index (κ2) is 7.79. The molecule has 33 heavy (non-hydrogen) atoms. The highest BCUT2D eigenvalue weighted by molar-refractivity contribution is 6.42. The molecule has 1 aliphatic carbocycles. The van der Waals surface area contributed by atoms with Crippen molar-refractivity contribution in [1.82, 2.24) is 19.7 Å². The van der Waals surface area contributed by atoms with Gasteiger partial charge in [-0.05, 0) is 42.5 Å². The lowest BCUT2D eigenvalue weighted by atomic mass is 9.85. The molecule has 7 nitrogen and oxygen atoms in total. The molecule has 3 aromatic heterocycles. The van der Waals surface area contributed by atoms with Crippen molar-refractivity contribution in [3.05, 3.63) is 87.9 Å². The number of para-hydroxylation sites is 2. The minimum atomic E-state index is -0.0716. The molecule has 6 rings (SSSR count). The Morgan fingerprint density at radius 3 is 2.73 bits per heavy atom. The number of halogens is 2. The van der Waals surface area contributed by atoms with Crippen LogP contribution in [0, 0.1) is 0 Å². The molecule has 0 spiro atoms. The molecule has 1 atom stereocenters. The number of carbonyl (C=O) groups is 1. The van der Waals surface area contributed by atoms with Gasteiger partial charge in [0.15, 0.2) is 11.6 Å². The van der Waals surface area contributed by atoms with Gasteiger partial charge >= 0.3 is 0 Å². The number of H-pyrrole nitrogens is 1. The number of benzene rings is 2. The van der Waals surface area contributed by atoms with E-state index in [1.165, 1.54) is 0 Å². The molecule has 0 bridgehead atoms. The average Bonchev–Trinajstić information content (AvgIpc) is 3.54. The molecule has 1 unspecified atom stereocenters. The normalized spacial score (nSPS) is 15.7. The van der Waals surface area contributed by atoms with E-state index in [-0.39, 0.29) is 11.7 Å². The average molecular weight is 478 g/mol. The molecule has 5 aromatic rings. The van der Waals surface area contributed by atoms with Gasteiger partial charge in [-0.2, -0.15) is 0 Å². The van der Waals surface area contributed by atoms with E-state index < -0.39 is 0 Å². The number of ketones is 1. The van der Waals surface area contributed by atoms with Crippen molar-refractivity contribution < 1.29 is 9.21 Å². The molecule has 0 amide bonds. The third-order valence-corrected chi connectivity index (χ3v) is 6.58. The van der Waals surface area contributed by atoms with E-state index in [0.717, 1.165) is 22.5 Å². The first-order chi connectivity index (χ1) is 16.1. The Hall–Kier alpha value is -3.55. The molecule has 0 saturated heterocycles. The van der Waals surface area contributed by atoms with Crippen LogP contribution in [0.1, 0.15) is 34.2 Å². The second-order valence-electron chi connectivity index (χ2n) is 7.96. The number of fused-ring (bicyclic) bond motifs is 2. The largest absolute Gasteiger partial charge is 0.469 e. The third kappa shape index (κ3) is 3.50. The quantitative estimate of drug-likeness (QED) is 0.316. The Labute approximate surface area is 198 Å². The van der Waals surface area contributed by atoms with Crippen molar-refractivity contribution in [2.24, 2.45) is 0 Å². The Bertz CT molecular complexity index is 1470. The van der Waals surface area contributed by atoms with Crippen LogP contribution in [0.5, 0.6) is 0 Å². The van der Waals surface area contributed by atoms with E-state index in [2.05, 4.69) is 10.3 Å². The standard InChI is InChI=1S/C24H17Cl2N5O2/c25-15-8-7-14(12-16(15)26)27-23-22-19(10-13(11-20(22)32)21-6-3-9-33-21)31(30-23)24-28-17-4-1-2-5-18(17)29-24/h1-9,12-13H,10-11H2,(H,27,30)(H,28,29). The van der Waals surface area contributed by atoms with Crippen LogP contribution in [-0.4, -0.2) is 25.5 Å². The number of aromatic amines is 1. The van der Waals surface area contributed by atoms with E-state index in [0.29, 0.717) is 45.9 Å². The van der Waals surface area contributed by atoms with Gasteiger partial charge in [0, 0.05) is 24.4 Å². The summed E-state index contributed by atoms with van der Waals surface area (Å²) < 4.78 is 7.32. The summed E-state index contributed by atoms with van der Waals surface area (Å²) in [4.78, 5) is 21.3. The highest BCUT2D eigenvalue weighted by atomic mass is 35.5. The zero-order chi connectivity index (χ0) is 22.5. The monoisotopic (exact) mass is 477 g/mol. The summed E-state index contributed by atoms with van der Waals surface area (Å²) in [6.07, 6.45) is 2.55. The fourth-order valence-electron chi connectivity index (χ4n) is 4.30. The first-order valence-electron chi connectivity index (χ1n) is 10.4. The van der Waals surface area contributed by atoms with Crippen LogP contribution in [0.3, 0.4) is 0 Å². The summed E-state index contributed by atoms with van der Waals surface area (Å²) in [7, 11) is 0. The Morgan fingerprint density at radius 2 is 1.94 bits per heavy atom. The van der Waals surface area contributed by atoms with Gasteiger partial charge in [-0.1, -0.05) is 35.3 Å². The summed E-state index contributed by atoms with van der Waals surface area (Å²) in [6.45, 7) is 0. The number of nitrogens with zero attached hydrogens (tertiary/aromatic N) is 3. The summed E-state index contributed by atoms with van der Waals surface area (Å²) in [5.74, 6) is 1.69. The van der Waals surface area contributed by atoms with Crippen LogP contribution in [0.15, 0.2) is 65.3 Å². The summed E-state index contributed by atoms with van der Waals surface area (Å²) in [5.41, 5.74) is 3.71. The minimum Gasteiger partial charge on any atom is -0.469 e. The molecule has 2 aromatic carbocycles. The van der Waals surface area contributed by atoms with E-state index in [4.69, 9.17) is 37.7 Å². The van der Waals surface area contributed by atoms with Crippen molar-refractivity contribution in [3.63, 3.8) is 0 Å². The van der Waals surface area contributed by atoms with Gasteiger partial charge in [-0.3, -0.25) is 4.79 Å². The highest BCUT2D eigenvalue weighted by Crippen LogP contribution is 2.38. The van der Waals surface area contributed by atoms with Crippen molar-refractivity contribution in [3.8, 4) is 5.95 Å². The lowest BCUT2D eigenvalue weighted by Gasteiger charge is -2.20. The molecule has 1 aliphatic rings. The Morgan fingerprint density at radius 1 is 1.06 bits per heavy atom. The molecule has 0 radical (unpaired) electrons.